The van der Waals surface area contributed by atoms with E-state index in [4.69, 9.17) is 5.11 Å². The molecule has 0 bridgehead atoms. The van der Waals surface area contributed by atoms with Crippen molar-refractivity contribution in [3.05, 3.63) is 30.1 Å². The number of benzene rings is 1. The Kier molecular flexibility index (Phi) is 5.10. The number of nitrogens with one attached hydrogen (secondary N) is 2. The number of halogens is 1. The van der Waals surface area contributed by atoms with Crippen molar-refractivity contribution in [3.8, 4) is 0 Å². The fourth-order valence-electron chi connectivity index (χ4n) is 1.23. The van der Waals surface area contributed by atoms with Crippen molar-refractivity contribution in [2.75, 3.05) is 11.9 Å². The standard InChI is InChI=1S/C12H15FN2O3/c1-8(11(16)17)6-7-14-12(18)15-10-4-2-9(13)3-5-10/h2-5,8H,6-7H2,1H3,(H,16,17)(H2,14,15,18). The average molecular weight is 254 g/mol. The van der Waals surface area contributed by atoms with Gasteiger partial charge >= 0.3 is 12.0 Å². The zero-order valence-electron chi connectivity index (χ0n) is 9.94. The molecule has 3 N–H and O–H groups in total. The second kappa shape index (κ2) is 6.58. The van der Waals surface area contributed by atoms with Gasteiger partial charge in [0.2, 0.25) is 0 Å². The van der Waals surface area contributed by atoms with Gasteiger partial charge in [0.25, 0.3) is 0 Å². The number of carboxylic acids is 1. The van der Waals surface area contributed by atoms with Gasteiger partial charge in [0.15, 0.2) is 0 Å². The third kappa shape index (κ3) is 4.82. The van der Waals surface area contributed by atoms with Gasteiger partial charge in [-0.05, 0) is 30.7 Å². The van der Waals surface area contributed by atoms with Crippen LogP contribution in [0.5, 0.6) is 0 Å². The summed E-state index contributed by atoms with van der Waals surface area (Å²) in [4.78, 5) is 21.9. The van der Waals surface area contributed by atoms with Crippen molar-refractivity contribution in [2.45, 2.75) is 13.3 Å². The summed E-state index contributed by atoms with van der Waals surface area (Å²) in [5.41, 5.74) is 0.472. The molecule has 0 radical (unpaired) electrons. The van der Waals surface area contributed by atoms with Gasteiger partial charge < -0.3 is 15.7 Å². The third-order valence-corrected chi connectivity index (χ3v) is 2.39. The number of urea groups is 1. The molecule has 0 fully saturated rings. The SMILES string of the molecule is CC(CCNC(=O)Nc1ccc(F)cc1)C(=O)O. The van der Waals surface area contributed by atoms with Gasteiger partial charge in [0.1, 0.15) is 5.82 Å². The fourth-order valence-corrected chi connectivity index (χ4v) is 1.23. The summed E-state index contributed by atoms with van der Waals surface area (Å²) in [5, 5.41) is 13.7. The van der Waals surface area contributed by atoms with Gasteiger partial charge in [0.05, 0.1) is 5.92 Å². The van der Waals surface area contributed by atoms with Crippen molar-refractivity contribution >= 4 is 17.7 Å². The molecule has 0 aliphatic carbocycles. The van der Waals surface area contributed by atoms with E-state index in [0.717, 1.165) is 0 Å². The van der Waals surface area contributed by atoms with Crippen LogP contribution in [0.3, 0.4) is 0 Å². The smallest absolute Gasteiger partial charge is 0.319 e. The molecule has 0 aliphatic heterocycles. The normalized spacial score (nSPS) is 11.7. The summed E-state index contributed by atoms with van der Waals surface area (Å²) in [6.07, 6.45) is 0.353. The quantitative estimate of drug-likeness (QED) is 0.752. The first kappa shape index (κ1) is 14.0. The maximum Gasteiger partial charge on any atom is 0.319 e. The lowest BCUT2D eigenvalue weighted by atomic mass is 10.1. The molecular formula is C12H15FN2O3. The maximum atomic E-state index is 12.6. The minimum Gasteiger partial charge on any atom is -0.481 e. The van der Waals surface area contributed by atoms with Crippen molar-refractivity contribution < 1.29 is 19.1 Å². The zero-order chi connectivity index (χ0) is 13.5. The molecule has 0 aromatic heterocycles. The molecule has 0 spiro atoms. The first-order chi connectivity index (χ1) is 8.49. The van der Waals surface area contributed by atoms with Crippen LogP contribution >= 0.6 is 0 Å². The zero-order valence-corrected chi connectivity index (χ0v) is 9.94. The predicted molar refractivity (Wildman–Crippen MR) is 64.8 cm³/mol. The van der Waals surface area contributed by atoms with Crippen LogP contribution in [0, 0.1) is 11.7 Å². The molecule has 0 saturated heterocycles. The minimum absolute atomic E-state index is 0.264. The first-order valence-electron chi connectivity index (χ1n) is 5.52. The summed E-state index contributed by atoms with van der Waals surface area (Å²) < 4.78 is 12.6. The number of carboxylic acid groups (broad SMARTS) is 1. The lowest BCUT2D eigenvalue weighted by Crippen LogP contribution is -2.31. The molecule has 1 unspecified atom stereocenters. The van der Waals surface area contributed by atoms with E-state index < -0.39 is 17.9 Å². The summed E-state index contributed by atoms with van der Waals surface area (Å²) in [5.74, 6) is -1.77. The molecular weight excluding hydrogens is 239 g/mol. The number of carbonyl (C=O) groups is 2. The van der Waals surface area contributed by atoms with Crippen molar-refractivity contribution in [2.24, 2.45) is 5.92 Å². The summed E-state index contributed by atoms with van der Waals surface area (Å²) in [6.45, 7) is 1.84. The van der Waals surface area contributed by atoms with Gasteiger partial charge in [0, 0.05) is 12.2 Å². The summed E-state index contributed by atoms with van der Waals surface area (Å²) >= 11 is 0. The Balaban J connectivity index is 2.30. The molecule has 1 aromatic rings. The molecule has 1 rings (SSSR count). The highest BCUT2D eigenvalue weighted by Crippen LogP contribution is 2.07. The van der Waals surface area contributed by atoms with Crippen LogP contribution in [-0.2, 0) is 4.79 Å². The van der Waals surface area contributed by atoms with E-state index in [1.165, 1.54) is 24.3 Å². The van der Waals surface area contributed by atoms with Crippen LogP contribution in [-0.4, -0.2) is 23.7 Å². The number of carbonyl (C=O) groups excluding carboxylic acids is 1. The van der Waals surface area contributed by atoms with Crippen LogP contribution in [0.25, 0.3) is 0 Å². The van der Waals surface area contributed by atoms with E-state index >= 15 is 0 Å². The van der Waals surface area contributed by atoms with Gasteiger partial charge in [-0.3, -0.25) is 4.79 Å². The second-order valence-electron chi connectivity index (χ2n) is 3.92. The topological polar surface area (TPSA) is 78.4 Å². The van der Waals surface area contributed by atoms with Crippen LogP contribution in [0.15, 0.2) is 24.3 Å². The fraction of sp³-hybridized carbons (Fsp3) is 0.333. The molecule has 0 aliphatic rings. The molecule has 0 heterocycles. The Morgan fingerprint density at radius 2 is 1.94 bits per heavy atom. The van der Waals surface area contributed by atoms with Crippen molar-refractivity contribution in [3.63, 3.8) is 0 Å². The minimum atomic E-state index is -0.893. The number of anilines is 1. The van der Waals surface area contributed by atoms with E-state index in [-0.39, 0.29) is 12.4 Å². The predicted octanol–water partition coefficient (Wildman–Crippen LogP) is 2.06. The van der Waals surface area contributed by atoms with E-state index in [0.29, 0.717) is 12.1 Å². The number of amides is 2. The summed E-state index contributed by atoms with van der Waals surface area (Å²) in [7, 11) is 0. The Hall–Kier alpha value is -2.11. The highest BCUT2D eigenvalue weighted by atomic mass is 19.1. The molecule has 98 valence electrons. The van der Waals surface area contributed by atoms with E-state index in [2.05, 4.69) is 10.6 Å². The Bertz CT molecular complexity index is 420. The van der Waals surface area contributed by atoms with Gasteiger partial charge in [-0.25, -0.2) is 9.18 Å². The van der Waals surface area contributed by atoms with Gasteiger partial charge in [-0.15, -0.1) is 0 Å². The number of rotatable bonds is 5. The lowest BCUT2D eigenvalue weighted by Gasteiger charge is -2.09. The number of hydrogen-bond acceptors (Lipinski definition) is 2. The summed E-state index contributed by atoms with van der Waals surface area (Å²) in [6, 6.07) is 4.91. The van der Waals surface area contributed by atoms with Gasteiger partial charge in [-0.2, -0.15) is 0 Å². The van der Waals surface area contributed by atoms with Gasteiger partial charge in [-0.1, -0.05) is 6.92 Å². The molecule has 18 heavy (non-hydrogen) atoms. The third-order valence-electron chi connectivity index (χ3n) is 2.39. The molecule has 1 atom stereocenters. The van der Waals surface area contributed by atoms with E-state index in [1.807, 2.05) is 0 Å². The molecule has 0 saturated carbocycles. The highest BCUT2D eigenvalue weighted by Gasteiger charge is 2.10. The van der Waals surface area contributed by atoms with E-state index in [9.17, 15) is 14.0 Å². The maximum absolute atomic E-state index is 12.6. The second-order valence-corrected chi connectivity index (χ2v) is 3.92. The Morgan fingerprint density at radius 3 is 2.50 bits per heavy atom. The first-order valence-corrected chi connectivity index (χ1v) is 5.52. The number of aliphatic carboxylic acids is 1. The Labute approximate surface area is 104 Å². The van der Waals surface area contributed by atoms with Crippen LogP contribution < -0.4 is 10.6 Å². The molecule has 6 heteroatoms. The highest BCUT2D eigenvalue weighted by molar-refractivity contribution is 5.89. The largest absolute Gasteiger partial charge is 0.481 e. The number of hydrogen-bond donors (Lipinski definition) is 3. The van der Waals surface area contributed by atoms with Crippen molar-refractivity contribution in [1.82, 2.24) is 5.32 Å². The van der Waals surface area contributed by atoms with E-state index in [1.54, 1.807) is 6.92 Å². The van der Waals surface area contributed by atoms with Crippen molar-refractivity contribution in [1.29, 1.82) is 0 Å². The Morgan fingerprint density at radius 1 is 1.33 bits per heavy atom. The monoisotopic (exact) mass is 254 g/mol. The molecule has 5 nitrogen and oxygen atoms in total. The average Bonchev–Trinajstić information content (AvgIpc) is 2.32. The lowest BCUT2D eigenvalue weighted by molar-refractivity contribution is -0.141. The molecule has 1 aromatic carbocycles. The van der Waals surface area contributed by atoms with Crippen LogP contribution in [0.2, 0.25) is 0 Å². The molecule has 2 amide bonds. The van der Waals surface area contributed by atoms with Crippen LogP contribution in [0.4, 0.5) is 14.9 Å². The van der Waals surface area contributed by atoms with Crippen LogP contribution in [0.1, 0.15) is 13.3 Å².